The molecule has 0 aliphatic carbocycles. The lowest BCUT2D eigenvalue weighted by Gasteiger charge is -2.26. The molecule has 2 aliphatic heterocycles. The maximum atomic E-state index is 12.8. The molecule has 0 spiro atoms. The molecule has 0 saturated carbocycles. The molecule has 5 nitrogen and oxygen atoms in total. The van der Waals surface area contributed by atoms with Gasteiger partial charge in [0.15, 0.2) is 11.5 Å². The topological polar surface area (TPSA) is 51.7 Å². The highest BCUT2D eigenvalue weighted by Crippen LogP contribution is 2.39. The minimum absolute atomic E-state index is 0.0855. The van der Waals surface area contributed by atoms with Crippen LogP contribution in [0, 0.1) is 6.92 Å². The van der Waals surface area contributed by atoms with E-state index in [1.807, 2.05) is 30.0 Å². The summed E-state index contributed by atoms with van der Waals surface area (Å²) in [7, 11) is 0. The zero-order valence-electron chi connectivity index (χ0n) is 12.9. The Hall–Kier alpha value is -2.08. The number of fused-ring (bicyclic) bond motifs is 1. The van der Waals surface area contributed by atoms with Crippen molar-refractivity contribution in [3.63, 3.8) is 0 Å². The Morgan fingerprint density at radius 2 is 2.13 bits per heavy atom. The summed E-state index contributed by atoms with van der Waals surface area (Å²) in [5.41, 5.74) is 3.66. The molecule has 23 heavy (non-hydrogen) atoms. The summed E-state index contributed by atoms with van der Waals surface area (Å²) in [5, 5.41) is 0. The molecule has 1 atom stereocenters. The van der Waals surface area contributed by atoms with E-state index >= 15 is 0 Å². The van der Waals surface area contributed by atoms with E-state index in [1.165, 1.54) is 11.3 Å². The Kier molecular flexibility index (Phi) is 3.69. The van der Waals surface area contributed by atoms with E-state index in [2.05, 4.69) is 4.98 Å². The van der Waals surface area contributed by atoms with Crippen molar-refractivity contribution in [1.29, 1.82) is 0 Å². The van der Waals surface area contributed by atoms with Gasteiger partial charge >= 0.3 is 0 Å². The highest BCUT2D eigenvalue weighted by molar-refractivity contribution is 7.11. The first kappa shape index (κ1) is 14.5. The SMILES string of the molecule is Cc1ncsc1C(=O)N1CCCC1c1ccc2c(c1)OCCO2. The lowest BCUT2D eigenvalue weighted by Crippen LogP contribution is -2.30. The Labute approximate surface area is 138 Å². The van der Waals surface area contributed by atoms with Crippen molar-refractivity contribution in [3.05, 3.63) is 39.8 Å². The van der Waals surface area contributed by atoms with E-state index in [-0.39, 0.29) is 11.9 Å². The van der Waals surface area contributed by atoms with Crippen molar-refractivity contribution in [1.82, 2.24) is 9.88 Å². The number of carbonyl (C=O) groups excluding carboxylic acids is 1. The van der Waals surface area contributed by atoms with Gasteiger partial charge in [0, 0.05) is 6.54 Å². The molecule has 3 heterocycles. The maximum absolute atomic E-state index is 12.8. The van der Waals surface area contributed by atoms with E-state index in [0.29, 0.717) is 13.2 Å². The number of nitrogens with zero attached hydrogens (tertiary/aromatic N) is 2. The fourth-order valence-corrected chi connectivity index (χ4v) is 4.02. The smallest absolute Gasteiger partial charge is 0.266 e. The number of thiazole rings is 1. The molecule has 4 rings (SSSR count). The number of aromatic nitrogens is 1. The largest absolute Gasteiger partial charge is 0.486 e. The first-order chi connectivity index (χ1) is 11.2. The second kappa shape index (κ2) is 5.85. The van der Waals surface area contributed by atoms with Gasteiger partial charge in [-0.3, -0.25) is 4.79 Å². The molecule has 2 aromatic rings. The number of amides is 1. The Morgan fingerprint density at radius 3 is 2.91 bits per heavy atom. The number of rotatable bonds is 2. The molecule has 1 fully saturated rings. The minimum Gasteiger partial charge on any atom is -0.486 e. The summed E-state index contributed by atoms with van der Waals surface area (Å²) in [6, 6.07) is 6.11. The van der Waals surface area contributed by atoms with Crippen molar-refractivity contribution in [2.75, 3.05) is 19.8 Å². The standard InChI is InChI=1S/C17H18N2O3S/c1-11-16(23-10-18-11)17(20)19-6-2-3-13(19)12-4-5-14-15(9-12)22-8-7-21-14/h4-5,9-10,13H,2-3,6-8H2,1H3. The second-order valence-corrected chi connectivity index (χ2v) is 6.68. The van der Waals surface area contributed by atoms with Gasteiger partial charge in [0.05, 0.1) is 17.2 Å². The van der Waals surface area contributed by atoms with Crippen LogP contribution in [-0.2, 0) is 0 Å². The summed E-state index contributed by atoms with van der Waals surface area (Å²) in [6.45, 7) is 3.84. The van der Waals surface area contributed by atoms with Crippen molar-refractivity contribution in [2.24, 2.45) is 0 Å². The monoisotopic (exact) mass is 330 g/mol. The predicted molar refractivity (Wildman–Crippen MR) is 87.3 cm³/mol. The number of hydrogen-bond acceptors (Lipinski definition) is 5. The third kappa shape index (κ3) is 2.57. The van der Waals surface area contributed by atoms with Crippen molar-refractivity contribution in [2.45, 2.75) is 25.8 Å². The highest BCUT2D eigenvalue weighted by Gasteiger charge is 2.32. The van der Waals surface area contributed by atoms with Gasteiger partial charge in [0.2, 0.25) is 0 Å². The van der Waals surface area contributed by atoms with Gasteiger partial charge in [-0.15, -0.1) is 11.3 Å². The van der Waals surface area contributed by atoms with Gasteiger partial charge in [0.25, 0.3) is 5.91 Å². The van der Waals surface area contributed by atoms with Crippen LogP contribution in [0.4, 0.5) is 0 Å². The van der Waals surface area contributed by atoms with Gasteiger partial charge < -0.3 is 14.4 Å². The molecule has 0 N–H and O–H groups in total. The van der Waals surface area contributed by atoms with Crippen LogP contribution in [0.2, 0.25) is 0 Å². The molecule has 1 aromatic carbocycles. The van der Waals surface area contributed by atoms with Crippen LogP contribution in [0.1, 0.15) is 39.8 Å². The lowest BCUT2D eigenvalue weighted by molar-refractivity contribution is 0.0739. The second-order valence-electron chi connectivity index (χ2n) is 5.83. The lowest BCUT2D eigenvalue weighted by atomic mass is 10.0. The molecular weight excluding hydrogens is 312 g/mol. The fraction of sp³-hybridized carbons (Fsp3) is 0.412. The molecule has 1 aromatic heterocycles. The summed E-state index contributed by atoms with van der Waals surface area (Å²) in [4.78, 5) is 19.7. The predicted octanol–water partition coefficient (Wildman–Crippen LogP) is 3.20. The van der Waals surface area contributed by atoms with E-state index in [0.717, 1.165) is 47.0 Å². The third-order valence-corrected chi connectivity index (χ3v) is 5.32. The van der Waals surface area contributed by atoms with Crippen molar-refractivity contribution < 1.29 is 14.3 Å². The number of carbonyl (C=O) groups is 1. The van der Waals surface area contributed by atoms with Gasteiger partial charge in [0.1, 0.15) is 18.1 Å². The third-order valence-electron chi connectivity index (χ3n) is 4.40. The summed E-state index contributed by atoms with van der Waals surface area (Å²) in [6.07, 6.45) is 1.99. The van der Waals surface area contributed by atoms with Gasteiger partial charge in [-0.05, 0) is 37.5 Å². The van der Waals surface area contributed by atoms with E-state index in [1.54, 1.807) is 5.51 Å². The first-order valence-corrected chi connectivity index (χ1v) is 8.72. The summed E-state index contributed by atoms with van der Waals surface area (Å²) >= 11 is 1.42. The molecule has 0 bridgehead atoms. The van der Waals surface area contributed by atoms with Gasteiger partial charge in [-0.25, -0.2) is 4.98 Å². The van der Waals surface area contributed by atoms with E-state index < -0.39 is 0 Å². The van der Waals surface area contributed by atoms with Crippen LogP contribution in [-0.4, -0.2) is 35.5 Å². The van der Waals surface area contributed by atoms with Crippen LogP contribution in [0.3, 0.4) is 0 Å². The molecule has 6 heteroatoms. The zero-order valence-corrected chi connectivity index (χ0v) is 13.8. The van der Waals surface area contributed by atoms with Gasteiger partial charge in [-0.2, -0.15) is 0 Å². The number of hydrogen-bond donors (Lipinski definition) is 0. The Balaban J connectivity index is 1.63. The van der Waals surface area contributed by atoms with Crippen molar-refractivity contribution in [3.8, 4) is 11.5 Å². The Morgan fingerprint density at radius 1 is 1.30 bits per heavy atom. The van der Waals surface area contributed by atoms with Gasteiger partial charge in [-0.1, -0.05) is 6.07 Å². The maximum Gasteiger partial charge on any atom is 0.266 e. The normalized spacial score (nSPS) is 19.9. The zero-order chi connectivity index (χ0) is 15.8. The van der Waals surface area contributed by atoms with Crippen LogP contribution < -0.4 is 9.47 Å². The highest BCUT2D eigenvalue weighted by atomic mass is 32.1. The number of ether oxygens (including phenoxy) is 2. The van der Waals surface area contributed by atoms with E-state index in [9.17, 15) is 4.79 Å². The number of likely N-dealkylation sites (tertiary alicyclic amines) is 1. The number of benzene rings is 1. The molecule has 1 amide bonds. The number of aryl methyl sites for hydroxylation is 1. The molecular formula is C17H18N2O3S. The van der Waals surface area contributed by atoms with Crippen LogP contribution >= 0.6 is 11.3 Å². The van der Waals surface area contributed by atoms with Crippen LogP contribution in [0.25, 0.3) is 0 Å². The average molecular weight is 330 g/mol. The fourth-order valence-electron chi connectivity index (χ4n) is 3.26. The minimum atomic E-state index is 0.0855. The molecule has 0 radical (unpaired) electrons. The molecule has 2 aliphatic rings. The first-order valence-electron chi connectivity index (χ1n) is 7.84. The molecule has 1 unspecified atom stereocenters. The summed E-state index contributed by atoms with van der Waals surface area (Å²) in [5.74, 6) is 1.65. The van der Waals surface area contributed by atoms with Crippen molar-refractivity contribution >= 4 is 17.2 Å². The van der Waals surface area contributed by atoms with Crippen LogP contribution in [0.5, 0.6) is 11.5 Å². The quantitative estimate of drug-likeness (QED) is 0.848. The summed E-state index contributed by atoms with van der Waals surface area (Å²) < 4.78 is 11.3. The molecule has 1 saturated heterocycles. The average Bonchev–Trinajstić information content (AvgIpc) is 3.22. The molecule has 120 valence electrons. The Bertz CT molecular complexity index is 743. The van der Waals surface area contributed by atoms with E-state index in [4.69, 9.17) is 9.47 Å². The van der Waals surface area contributed by atoms with Crippen LogP contribution in [0.15, 0.2) is 23.7 Å².